The molecular formula is C27H37FN2O5. The van der Waals surface area contributed by atoms with E-state index >= 15 is 0 Å². The fourth-order valence-electron chi connectivity index (χ4n) is 4.32. The summed E-state index contributed by atoms with van der Waals surface area (Å²) >= 11 is 0. The Labute approximate surface area is 207 Å². The summed E-state index contributed by atoms with van der Waals surface area (Å²) in [6.07, 6.45) is 6.89. The molecule has 35 heavy (non-hydrogen) atoms. The molecule has 0 radical (unpaired) electrons. The van der Waals surface area contributed by atoms with Crippen LogP contribution in [0, 0.1) is 17.7 Å². The van der Waals surface area contributed by atoms with Gasteiger partial charge >= 0.3 is 5.97 Å². The molecule has 2 rings (SSSR count). The van der Waals surface area contributed by atoms with Crippen LogP contribution in [-0.2, 0) is 25.5 Å². The number of amides is 2. The number of aliphatic hydroxyl groups excluding tert-OH is 1. The Morgan fingerprint density at radius 1 is 1.20 bits per heavy atom. The number of rotatable bonds is 15. The number of hydrogen-bond donors (Lipinski definition) is 2. The standard InChI is InChI=1S/C27H37FN2O5/c1-3-5-8-22(17-20-10-12-23(28)13-11-20)27(34)35-19-24-9-6-15-30(24)26(33)21(7-4-2)18-25(32)29-14-16-31/h3-4,10-13,21-22,24,31H,1-2,5-9,14-19H2,(H,29,32)/t21-,22+,24+/m0/s1. The van der Waals surface area contributed by atoms with Gasteiger partial charge in [0.2, 0.25) is 11.8 Å². The topological polar surface area (TPSA) is 95.9 Å². The largest absolute Gasteiger partial charge is 0.463 e. The van der Waals surface area contributed by atoms with Crippen molar-refractivity contribution in [1.82, 2.24) is 10.2 Å². The summed E-state index contributed by atoms with van der Waals surface area (Å²) in [5.41, 5.74) is 0.849. The number of ether oxygens (including phenoxy) is 1. The normalized spacial score (nSPS) is 16.9. The summed E-state index contributed by atoms with van der Waals surface area (Å²) in [7, 11) is 0. The lowest BCUT2D eigenvalue weighted by Crippen LogP contribution is -2.43. The van der Waals surface area contributed by atoms with E-state index in [9.17, 15) is 18.8 Å². The van der Waals surface area contributed by atoms with Crippen LogP contribution in [0.5, 0.6) is 0 Å². The highest BCUT2D eigenvalue weighted by atomic mass is 19.1. The van der Waals surface area contributed by atoms with E-state index in [1.165, 1.54) is 12.1 Å². The quantitative estimate of drug-likeness (QED) is 0.292. The third-order valence-corrected chi connectivity index (χ3v) is 6.19. The van der Waals surface area contributed by atoms with Crippen LogP contribution in [0.2, 0.25) is 0 Å². The summed E-state index contributed by atoms with van der Waals surface area (Å²) in [6, 6.07) is 5.83. The van der Waals surface area contributed by atoms with Crippen LogP contribution < -0.4 is 5.32 Å². The van der Waals surface area contributed by atoms with E-state index in [0.717, 1.165) is 12.0 Å². The predicted octanol–water partition coefficient (Wildman–Crippen LogP) is 3.18. The van der Waals surface area contributed by atoms with Gasteiger partial charge in [0.05, 0.1) is 24.5 Å². The van der Waals surface area contributed by atoms with E-state index in [1.807, 2.05) is 0 Å². The number of benzene rings is 1. The van der Waals surface area contributed by atoms with Crippen molar-refractivity contribution in [2.24, 2.45) is 11.8 Å². The van der Waals surface area contributed by atoms with Gasteiger partial charge in [0.15, 0.2) is 0 Å². The number of carbonyl (C=O) groups is 3. The van der Waals surface area contributed by atoms with E-state index < -0.39 is 11.8 Å². The van der Waals surface area contributed by atoms with Crippen LogP contribution >= 0.6 is 0 Å². The van der Waals surface area contributed by atoms with Gasteiger partial charge in [0, 0.05) is 19.5 Å². The molecule has 1 saturated heterocycles. The van der Waals surface area contributed by atoms with E-state index in [0.29, 0.717) is 38.6 Å². The van der Waals surface area contributed by atoms with E-state index in [2.05, 4.69) is 18.5 Å². The van der Waals surface area contributed by atoms with Gasteiger partial charge in [-0.15, -0.1) is 13.2 Å². The van der Waals surface area contributed by atoms with Gasteiger partial charge in [0.25, 0.3) is 0 Å². The molecule has 0 aliphatic carbocycles. The third kappa shape index (κ3) is 9.28. The Morgan fingerprint density at radius 2 is 1.94 bits per heavy atom. The number of esters is 1. The second kappa shape index (κ2) is 15.1. The maximum atomic E-state index is 13.2. The number of aliphatic hydroxyl groups is 1. The fraction of sp³-hybridized carbons (Fsp3) is 0.519. The van der Waals surface area contributed by atoms with Crippen molar-refractivity contribution in [1.29, 1.82) is 0 Å². The summed E-state index contributed by atoms with van der Waals surface area (Å²) in [4.78, 5) is 39.9. The molecule has 192 valence electrons. The van der Waals surface area contributed by atoms with Gasteiger partial charge < -0.3 is 20.1 Å². The van der Waals surface area contributed by atoms with E-state index in [1.54, 1.807) is 29.2 Å². The lowest BCUT2D eigenvalue weighted by molar-refractivity contribution is -0.152. The fourth-order valence-corrected chi connectivity index (χ4v) is 4.32. The Balaban J connectivity index is 1.98. The predicted molar refractivity (Wildman–Crippen MR) is 132 cm³/mol. The number of hydrogen-bond acceptors (Lipinski definition) is 5. The van der Waals surface area contributed by atoms with Crippen molar-refractivity contribution in [2.45, 2.75) is 51.0 Å². The van der Waals surface area contributed by atoms with Crippen LogP contribution in [0.15, 0.2) is 49.6 Å². The molecule has 1 fully saturated rings. The number of nitrogens with zero attached hydrogens (tertiary/aromatic N) is 1. The second-order valence-corrected chi connectivity index (χ2v) is 8.85. The molecule has 1 aromatic rings. The van der Waals surface area contributed by atoms with Crippen molar-refractivity contribution in [2.75, 3.05) is 26.3 Å². The Hall–Kier alpha value is -3.00. The van der Waals surface area contributed by atoms with Crippen molar-refractivity contribution >= 4 is 17.8 Å². The first-order valence-corrected chi connectivity index (χ1v) is 12.2. The van der Waals surface area contributed by atoms with Crippen molar-refractivity contribution in [3.8, 4) is 0 Å². The molecule has 3 atom stereocenters. The van der Waals surface area contributed by atoms with Crippen LogP contribution in [0.25, 0.3) is 0 Å². The lowest BCUT2D eigenvalue weighted by Gasteiger charge is -2.28. The minimum Gasteiger partial charge on any atom is -0.463 e. The summed E-state index contributed by atoms with van der Waals surface area (Å²) in [5.74, 6) is -2.08. The first-order valence-electron chi connectivity index (χ1n) is 12.2. The molecule has 7 nitrogen and oxygen atoms in total. The average Bonchev–Trinajstić information content (AvgIpc) is 3.33. The monoisotopic (exact) mass is 488 g/mol. The first-order chi connectivity index (χ1) is 16.9. The molecular weight excluding hydrogens is 451 g/mol. The molecule has 2 N–H and O–H groups in total. The number of halogens is 1. The number of allylic oxidation sites excluding steroid dienone is 2. The highest BCUT2D eigenvalue weighted by molar-refractivity contribution is 5.86. The van der Waals surface area contributed by atoms with Crippen molar-refractivity contribution in [3.63, 3.8) is 0 Å². The minimum atomic E-state index is -0.554. The minimum absolute atomic E-state index is 0.00909. The Bertz CT molecular complexity index is 858. The highest BCUT2D eigenvalue weighted by Gasteiger charge is 2.34. The molecule has 1 aliphatic heterocycles. The van der Waals surface area contributed by atoms with E-state index in [4.69, 9.17) is 9.84 Å². The van der Waals surface area contributed by atoms with Gasteiger partial charge in [-0.1, -0.05) is 24.3 Å². The zero-order valence-corrected chi connectivity index (χ0v) is 20.3. The number of carbonyl (C=O) groups excluding carboxylic acids is 3. The molecule has 0 aromatic heterocycles. The molecule has 8 heteroatoms. The molecule has 2 amide bonds. The maximum Gasteiger partial charge on any atom is 0.309 e. The molecule has 0 spiro atoms. The van der Waals surface area contributed by atoms with Gasteiger partial charge in [0.1, 0.15) is 12.4 Å². The van der Waals surface area contributed by atoms with Gasteiger partial charge in [-0.2, -0.15) is 0 Å². The summed E-state index contributed by atoms with van der Waals surface area (Å²) < 4.78 is 18.9. The molecule has 0 bridgehead atoms. The first kappa shape index (κ1) is 28.2. The third-order valence-electron chi connectivity index (χ3n) is 6.19. The van der Waals surface area contributed by atoms with Crippen LogP contribution in [0.4, 0.5) is 4.39 Å². The van der Waals surface area contributed by atoms with Gasteiger partial charge in [-0.05, 0) is 56.2 Å². The maximum absolute atomic E-state index is 13.2. The van der Waals surface area contributed by atoms with Crippen LogP contribution in [0.3, 0.4) is 0 Å². The lowest BCUT2D eigenvalue weighted by atomic mass is 9.95. The highest BCUT2D eigenvalue weighted by Crippen LogP contribution is 2.24. The molecule has 1 aliphatic rings. The zero-order chi connectivity index (χ0) is 25.6. The molecule has 1 aromatic carbocycles. The van der Waals surface area contributed by atoms with Crippen LogP contribution in [0.1, 0.15) is 44.1 Å². The summed E-state index contributed by atoms with van der Waals surface area (Å²) in [6.45, 7) is 8.04. The van der Waals surface area contributed by atoms with E-state index in [-0.39, 0.29) is 55.8 Å². The van der Waals surface area contributed by atoms with Gasteiger partial charge in [-0.3, -0.25) is 14.4 Å². The SMILES string of the molecule is C=CCC[C@H](Cc1ccc(F)cc1)C(=O)OC[C@H]1CCCN1C(=O)[C@@H](CC=C)CC(=O)NCCO. The van der Waals surface area contributed by atoms with Gasteiger partial charge in [-0.25, -0.2) is 4.39 Å². The second-order valence-electron chi connectivity index (χ2n) is 8.85. The zero-order valence-electron chi connectivity index (χ0n) is 20.3. The smallest absolute Gasteiger partial charge is 0.309 e. The average molecular weight is 489 g/mol. The van der Waals surface area contributed by atoms with Crippen molar-refractivity contribution < 1.29 is 28.6 Å². The molecule has 1 heterocycles. The van der Waals surface area contributed by atoms with Crippen LogP contribution in [-0.4, -0.2) is 60.1 Å². The Kier molecular flexibility index (Phi) is 12.2. The molecule has 0 unspecified atom stereocenters. The Morgan fingerprint density at radius 3 is 2.60 bits per heavy atom. The number of nitrogens with one attached hydrogen (secondary N) is 1. The molecule has 0 saturated carbocycles. The summed E-state index contributed by atoms with van der Waals surface area (Å²) in [5, 5.41) is 11.5. The number of likely N-dealkylation sites (tertiary alicyclic amines) is 1. The van der Waals surface area contributed by atoms with Crippen molar-refractivity contribution in [3.05, 3.63) is 61.0 Å².